The summed E-state index contributed by atoms with van der Waals surface area (Å²) in [6.07, 6.45) is 1.44. The molecule has 0 saturated heterocycles. The van der Waals surface area contributed by atoms with Crippen LogP contribution in [0.2, 0.25) is 5.02 Å². The Labute approximate surface area is 118 Å². The first-order valence-corrected chi connectivity index (χ1v) is 6.55. The number of rotatable bonds is 4. The number of nitrogens with two attached hydrogens (primary N) is 1. The maximum atomic E-state index is 6.01. The first-order chi connectivity index (χ1) is 9.08. The van der Waals surface area contributed by atoms with Crippen molar-refractivity contribution in [2.45, 2.75) is 26.0 Å². The molecule has 4 heteroatoms. The third-order valence-electron chi connectivity index (χ3n) is 2.86. The molecule has 2 aromatic rings. The van der Waals surface area contributed by atoms with Crippen molar-refractivity contribution in [3.05, 3.63) is 58.9 Å². The van der Waals surface area contributed by atoms with Gasteiger partial charge in [-0.05, 0) is 43.7 Å². The molecule has 0 bridgehead atoms. The van der Waals surface area contributed by atoms with Crippen LogP contribution in [0.25, 0.3) is 0 Å². The molecule has 0 aliphatic carbocycles. The molecule has 1 aromatic carbocycles. The molecule has 0 spiro atoms. The Hall–Kier alpha value is -1.58. The smallest absolute Gasteiger partial charge is 0.155 e. The Bertz CT molecular complexity index is 543. The zero-order chi connectivity index (χ0) is 13.8. The van der Waals surface area contributed by atoms with Crippen LogP contribution in [0, 0.1) is 6.92 Å². The second-order valence-corrected chi connectivity index (χ2v) is 5.00. The van der Waals surface area contributed by atoms with E-state index >= 15 is 0 Å². The highest BCUT2D eigenvalue weighted by Gasteiger charge is 2.20. The lowest BCUT2D eigenvalue weighted by atomic mass is 10.1. The molecule has 0 aliphatic heterocycles. The van der Waals surface area contributed by atoms with Crippen molar-refractivity contribution < 1.29 is 4.74 Å². The molecule has 1 heterocycles. The van der Waals surface area contributed by atoms with Gasteiger partial charge in [-0.25, -0.2) is 0 Å². The maximum absolute atomic E-state index is 6.01. The Morgan fingerprint density at radius 3 is 2.68 bits per heavy atom. The van der Waals surface area contributed by atoms with Crippen LogP contribution in [0.5, 0.6) is 5.75 Å². The molecule has 19 heavy (non-hydrogen) atoms. The highest BCUT2D eigenvalue weighted by Crippen LogP contribution is 2.28. The molecule has 0 fully saturated rings. The monoisotopic (exact) mass is 276 g/mol. The predicted molar refractivity (Wildman–Crippen MR) is 77.4 cm³/mol. The van der Waals surface area contributed by atoms with Crippen LogP contribution in [-0.4, -0.2) is 11.0 Å². The summed E-state index contributed by atoms with van der Waals surface area (Å²) in [5.41, 5.74) is 7.84. The first kappa shape index (κ1) is 13.8. The molecule has 2 N–H and O–H groups in total. The van der Waals surface area contributed by atoms with Gasteiger partial charge in [-0.1, -0.05) is 23.7 Å². The van der Waals surface area contributed by atoms with Crippen LogP contribution in [-0.2, 0) is 0 Å². The van der Waals surface area contributed by atoms with E-state index in [1.165, 1.54) is 0 Å². The minimum Gasteiger partial charge on any atom is -0.482 e. The van der Waals surface area contributed by atoms with Crippen LogP contribution < -0.4 is 10.5 Å². The molecule has 2 rings (SSSR count). The van der Waals surface area contributed by atoms with Gasteiger partial charge < -0.3 is 10.5 Å². The van der Waals surface area contributed by atoms with Crippen LogP contribution >= 0.6 is 11.6 Å². The van der Waals surface area contributed by atoms with E-state index in [-0.39, 0.29) is 12.1 Å². The molecular formula is C15H17ClN2O. The Morgan fingerprint density at radius 1 is 1.26 bits per heavy atom. The normalized spacial score (nSPS) is 13.9. The lowest BCUT2D eigenvalue weighted by Gasteiger charge is -2.23. The number of pyridine rings is 1. The largest absolute Gasteiger partial charge is 0.482 e. The maximum Gasteiger partial charge on any atom is 0.155 e. The fourth-order valence-corrected chi connectivity index (χ4v) is 1.98. The molecule has 0 aliphatic rings. The van der Waals surface area contributed by atoms with E-state index in [1.54, 1.807) is 12.3 Å². The van der Waals surface area contributed by atoms with Gasteiger partial charge in [-0.2, -0.15) is 0 Å². The fraction of sp³-hybridized carbons (Fsp3) is 0.267. The van der Waals surface area contributed by atoms with Gasteiger partial charge in [0.05, 0.1) is 5.69 Å². The van der Waals surface area contributed by atoms with Gasteiger partial charge >= 0.3 is 0 Å². The average Bonchev–Trinajstić information content (AvgIpc) is 2.40. The second kappa shape index (κ2) is 6.04. The van der Waals surface area contributed by atoms with E-state index in [9.17, 15) is 0 Å². The quantitative estimate of drug-likeness (QED) is 0.930. The molecular weight excluding hydrogens is 260 g/mol. The summed E-state index contributed by atoms with van der Waals surface area (Å²) in [7, 11) is 0. The number of nitrogens with zero attached hydrogens (tertiary/aromatic N) is 1. The zero-order valence-electron chi connectivity index (χ0n) is 11.0. The topological polar surface area (TPSA) is 48.1 Å². The molecule has 2 unspecified atom stereocenters. The Morgan fingerprint density at radius 2 is 2.05 bits per heavy atom. The van der Waals surface area contributed by atoms with Gasteiger partial charge in [-0.3, -0.25) is 4.98 Å². The molecule has 0 radical (unpaired) electrons. The van der Waals surface area contributed by atoms with Gasteiger partial charge in [-0.15, -0.1) is 0 Å². The molecule has 0 saturated carbocycles. The van der Waals surface area contributed by atoms with Crippen LogP contribution in [0.4, 0.5) is 0 Å². The third kappa shape index (κ3) is 3.46. The summed E-state index contributed by atoms with van der Waals surface area (Å²) in [6.45, 7) is 3.88. The minimum atomic E-state index is -0.293. The zero-order valence-corrected chi connectivity index (χ0v) is 11.8. The molecule has 100 valence electrons. The van der Waals surface area contributed by atoms with E-state index in [4.69, 9.17) is 22.1 Å². The number of ether oxygens (including phenoxy) is 1. The SMILES string of the molecule is Cc1ccc(Cl)cc1OC(c1ccccn1)C(C)N. The van der Waals surface area contributed by atoms with Crippen molar-refractivity contribution in [2.24, 2.45) is 5.73 Å². The summed E-state index contributed by atoms with van der Waals surface area (Å²) < 4.78 is 6.00. The first-order valence-electron chi connectivity index (χ1n) is 6.17. The number of hydrogen-bond donors (Lipinski definition) is 1. The lowest BCUT2D eigenvalue weighted by Crippen LogP contribution is -2.29. The van der Waals surface area contributed by atoms with Crippen molar-refractivity contribution in [1.29, 1.82) is 0 Å². The van der Waals surface area contributed by atoms with Crippen molar-refractivity contribution in [1.82, 2.24) is 4.98 Å². The van der Waals surface area contributed by atoms with E-state index in [0.29, 0.717) is 5.02 Å². The lowest BCUT2D eigenvalue weighted by molar-refractivity contribution is 0.174. The molecule has 3 nitrogen and oxygen atoms in total. The Balaban J connectivity index is 2.29. The number of hydrogen-bond acceptors (Lipinski definition) is 3. The van der Waals surface area contributed by atoms with Crippen molar-refractivity contribution in [3.63, 3.8) is 0 Å². The minimum absolute atomic E-state index is 0.173. The molecule has 0 amide bonds. The van der Waals surface area contributed by atoms with Crippen molar-refractivity contribution in [2.75, 3.05) is 0 Å². The highest BCUT2D eigenvalue weighted by molar-refractivity contribution is 6.30. The predicted octanol–water partition coefficient (Wildman–Crippen LogP) is 3.51. The number of aromatic nitrogens is 1. The van der Waals surface area contributed by atoms with Crippen LogP contribution in [0.1, 0.15) is 24.3 Å². The number of benzene rings is 1. The van der Waals surface area contributed by atoms with E-state index in [2.05, 4.69) is 4.98 Å². The average molecular weight is 277 g/mol. The second-order valence-electron chi connectivity index (χ2n) is 4.56. The summed E-state index contributed by atoms with van der Waals surface area (Å²) in [4.78, 5) is 4.31. The van der Waals surface area contributed by atoms with Gasteiger partial charge in [0, 0.05) is 17.3 Å². The standard InChI is InChI=1S/C15H17ClN2O/c1-10-6-7-12(16)9-14(10)19-15(11(2)17)13-5-3-4-8-18-13/h3-9,11,15H,17H2,1-2H3. The van der Waals surface area contributed by atoms with Gasteiger partial charge in [0.25, 0.3) is 0 Å². The molecule has 2 atom stereocenters. The van der Waals surface area contributed by atoms with Gasteiger partial charge in [0.15, 0.2) is 6.10 Å². The fourth-order valence-electron chi connectivity index (χ4n) is 1.82. The summed E-state index contributed by atoms with van der Waals surface area (Å²) >= 11 is 6.00. The Kier molecular flexibility index (Phi) is 4.40. The van der Waals surface area contributed by atoms with Crippen LogP contribution in [0.15, 0.2) is 42.6 Å². The van der Waals surface area contributed by atoms with Crippen LogP contribution in [0.3, 0.4) is 0 Å². The summed E-state index contributed by atoms with van der Waals surface area (Å²) in [6, 6.07) is 11.1. The number of aryl methyl sites for hydroxylation is 1. The summed E-state index contributed by atoms with van der Waals surface area (Å²) in [5.74, 6) is 0.737. The van der Waals surface area contributed by atoms with E-state index < -0.39 is 0 Å². The summed E-state index contributed by atoms with van der Waals surface area (Å²) in [5, 5.41) is 0.644. The van der Waals surface area contributed by atoms with E-state index in [1.807, 2.05) is 44.2 Å². The van der Waals surface area contributed by atoms with Gasteiger partial charge in [0.2, 0.25) is 0 Å². The van der Waals surface area contributed by atoms with E-state index in [0.717, 1.165) is 17.0 Å². The van der Waals surface area contributed by atoms with Crippen molar-refractivity contribution in [3.8, 4) is 5.75 Å². The molecule has 1 aromatic heterocycles. The number of halogens is 1. The third-order valence-corrected chi connectivity index (χ3v) is 3.10. The van der Waals surface area contributed by atoms with Crippen molar-refractivity contribution >= 4 is 11.6 Å². The highest BCUT2D eigenvalue weighted by atomic mass is 35.5. The van der Waals surface area contributed by atoms with Gasteiger partial charge in [0.1, 0.15) is 5.75 Å².